The molecule has 3 nitrogen and oxygen atoms in total. The van der Waals surface area contributed by atoms with Crippen molar-refractivity contribution in [2.45, 2.75) is 39.3 Å². The molecule has 0 saturated carbocycles. The van der Waals surface area contributed by atoms with E-state index in [-0.39, 0.29) is 18.8 Å². The highest BCUT2D eigenvalue weighted by Gasteiger charge is 2.19. The predicted molar refractivity (Wildman–Crippen MR) is 79.3 cm³/mol. The SMILES string of the molecule is CCCNC(COC(C)COCC)c1cccc(F)c1F. The van der Waals surface area contributed by atoms with Gasteiger partial charge in [0, 0.05) is 12.2 Å². The van der Waals surface area contributed by atoms with Crippen molar-refractivity contribution in [1.82, 2.24) is 5.32 Å². The van der Waals surface area contributed by atoms with E-state index in [4.69, 9.17) is 9.47 Å². The van der Waals surface area contributed by atoms with Crippen LogP contribution in [-0.4, -0.2) is 32.5 Å². The molecule has 0 saturated heterocycles. The lowest BCUT2D eigenvalue weighted by atomic mass is 10.1. The van der Waals surface area contributed by atoms with Crippen molar-refractivity contribution >= 4 is 0 Å². The van der Waals surface area contributed by atoms with Crippen LogP contribution in [0.1, 0.15) is 38.8 Å². The fourth-order valence-electron chi connectivity index (χ4n) is 1.96. The number of hydrogen-bond donors (Lipinski definition) is 1. The Morgan fingerprint density at radius 2 is 1.95 bits per heavy atom. The predicted octanol–water partition coefficient (Wildman–Crippen LogP) is 3.45. The summed E-state index contributed by atoms with van der Waals surface area (Å²) in [5.74, 6) is -1.65. The van der Waals surface area contributed by atoms with Crippen LogP contribution >= 0.6 is 0 Å². The summed E-state index contributed by atoms with van der Waals surface area (Å²) in [4.78, 5) is 0. The largest absolute Gasteiger partial charge is 0.379 e. The third kappa shape index (κ3) is 6.08. The van der Waals surface area contributed by atoms with Crippen LogP contribution in [-0.2, 0) is 9.47 Å². The first-order valence-electron chi connectivity index (χ1n) is 7.46. The monoisotopic (exact) mass is 301 g/mol. The van der Waals surface area contributed by atoms with E-state index in [1.165, 1.54) is 6.07 Å². The quantitative estimate of drug-likeness (QED) is 0.718. The maximum Gasteiger partial charge on any atom is 0.163 e. The Morgan fingerprint density at radius 1 is 1.19 bits per heavy atom. The van der Waals surface area contributed by atoms with Gasteiger partial charge in [0.15, 0.2) is 11.6 Å². The Labute approximate surface area is 125 Å². The van der Waals surface area contributed by atoms with E-state index in [2.05, 4.69) is 5.32 Å². The molecule has 120 valence electrons. The van der Waals surface area contributed by atoms with Crippen molar-refractivity contribution in [3.05, 3.63) is 35.4 Å². The van der Waals surface area contributed by atoms with E-state index in [1.807, 2.05) is 20.8 Å². The first-order valence-corrected chi connectivity index (χ1v) is 7.46. The average molecular weight is 301 g/mol. The molecule has 0 aliphatic carbocycles. The summed E-state index contributed by atoms with van der Waals surface area (Å²) in [7, 11) is 0. The van der Waals surface area contributed by atoms with E-state index in [0.29, 0.717) is 25.3 Å². The molecule has 1 rings (SSSR count). The van der Waals surface area contributed by atoms with Gasteiger partial charge in [0.25, 0.3) is 0 Å². The molecule has 0 radical (unpaired) electrons. The zero-order chi connectivity index (χ0) is 15.7. The fraction of sp³-hybridized carbons (Fsp3) is 0.625. The zero-order valence-corrected chi connectivity index (χ0v) is 13.0. The second kappa shape index (κ2) is 9.82. The number of nitrogens with one attached hydrogen (secondary N) is 1. The Morgan fingerprint density at radius 3 is 2.62 bits per heavy atom. The van der Waals surface area contributed by atoms with Crippen molar-refractivity contribution < 1.29 is 18.3 Å². The van der Waals surface area contributed by atoms with Gasteiger partial charge in [-0.05, 0) is 32.9 Å². The van der Waals surface area contributed by atoms with E-state index >= 15 is 0 Å². The fourth-order valence-corrected chi connectivity index (χ4v) is 1.96. The van der Waals surface area contributed by atoms with Crippen LogP contribution in [0, 0.1) is 11.6 Å². The molecule has 0 bridgehead atoms. The van der Waals surface area contributed by atoms with Crippen LogP contribution < -0.4 is 5.32 Å². The summed E-state index contributed by atoms with van der Waals surface area (Å²) in [5.41, 5.74) is 0.298. The highest BCUT2D eigenvalue weighted by Crippen LogP contribution is 2.20. The Balaban J connectivity index is 2.69. The minimum absolute atomic E-state index is 0.0903. The third-order valence-electron chi connectivity index (χ3n) is 3.10. The van der Waals surface area contributed by atoms with E-state index in [9.17, 15) is 8.78 Å². The molecule has 0 amide bonds. The standard InChI is InChI=1S/C16H25F2NO2/c1-4-9-19-15(11-21-12(3)10-20-5-2)13-7-6-8-14(17)16(13)18/h6-8,12,15,19H,4-5,9-11H2,1-3H3. The van der Waals surface area contributed by atoms with Crippen LogP contribution in [0.3, 0.4) is 0 Å². The van der Waals surface area contributed by atoms with Crippen molar-refractivity contribution in [2.75, 3.05) is 26.4 Å². The molecule has 0 aliphatic rings. The highest BCUT2D eigenvalue weighted by molar-refractivity contribution is 5.22. The normalized spacial score (nSPS) is 14.1. The first kappa shape index (κ1) is 18.0. The summed E-state index contributed by atoms with van der Waals surface area (Å²) >= 11 is 0. The lowest BCUT2D eigenvalue weighted by Crippen LogP contribution is -2.30. The molecule has 1 aromatic carbocycles. The Hall–Kier alpha value is -1.04. The highest BCUT2D eigenvalue weighted by atomic mass is 19.2. The molecule has 21 heavy (non-hydrogen) atoms. The number of rotatable bonds is 10. The smallest absolute Gasteiger partial charge is 0.163 e. The van der Waals surface area contributed by atoms with Gasteiger partial charge in [-0.25, -0.2) is 8.78 Å². The molecule has 0 aromatic heterocycles. The minimum atomic E-state index is -0.835. The summed E-state index contributed by atoms with van der Waals surface area (Å²) in [6, 6.07) is 3.85. The second-order valence-electron chi connectivity index (χ2n) is 4.95. The first-order chi connectivity index (χ1) is 10.1. The molecule has 0 spiro atoms. The Kier molecular flexibility index (Phi) is 8.42. The third-order valence-corrected chi connectivity index (χ3v) is 3.10. The molecule has 1 N–H and O–H groups in total. The van der Waals surface area contributed by atoms with Crippen LogP contribution in [0.5, 0.6) is 0 Å². The lowest BCUT2D eigenvalue weighted by Gasteiger charge is -2.22. The molecule has 2 atom stereocenters. The topological polar surface area (TPSA) is 30.5 Å². The number of ether oxygens (including phenoxy) is 2. The number of halogens is 2. The molecule has 2 unspecified atom stereocenters. The molecule has 1 aromatic rings. The van der Waals surface area contributed by atoms with E-state index in [0.717, 1.165) is 12.5 Å². The van der Waals surface area contributed by atoms with Gasteiger partial charge in [0.1, 0.15) is 0 Å². The van der Waals surface area contributed by atoms with Crippen molar-refractivity contribution in [3.8, 4) is 0 Å². The molecule has 0 heterocycles. The van der Waals surface area contributed by atoms with Gasteiger partial charge < -0.3 is 14.8 Å². The second-order valence-corrected chi connectivity index (χ2v) is 4.95. The molecule has 5 heteroatoms. The van der Waals surface area contributed by atoms with Crippen molar-refractivity contribution in [3.63, 3.8) is 0 Å². The molecular weight excluding hydrogens is 276 g/mol. The zero-order valence-electron chi connectivity index (χ0n) is 13.0. The van der Waals surface area contributed by atoms with Gasteiger partial charge >= 0.3 is 0 Å². The molecule has 0 fully saturated rings. The van der Waals surface area contributed by atoms with Crippen molar-refractivity contribution in [2.24, 2.45) is 0 Å². The van der Waals surface area contributed by atoms with Gasteiger partial charge in [-0.2, -0.15) is 0 Å². The summed E-state index contributed by atoms with van der Waals surface area (Å²) in [6.45, 7) is 7.93. The van der Waals surface area contributed by atoms with Gasteiger partial charge in [-0.1, -0.05) is 19.1 Å². The van der Waals surface area contributed by atoms with E-state index < -0.39 is 11.6 Å². The summed E-state index contributed by atoms with van der Waals surface area (Å²) in [5, 5.41) is 3.19. The maximum atomic E-state index is 13.9. The maximum absolute atomic E-state index is 13.9. The van der Waals surface area contributed by atoms with Crippen molar-refractivity contribution in [1.29, 1.82) is 0 Å². The van der Waals surface area contributed by atoms with E-state index in [1.54, 1.807) is 6.07 Å². The number of benzene rings is 1. The van der Waals surface area contributed by atoms with Crippen LogP contribution in [0.15, 0.2) is 18.2 Å². The van der Waals surface area contributed by atoms with Crippen LogP contribution in [0.25, 0.3) is 0 Å². The van der Waals surface area contributed by atoms with Gasteiger partial charge in [-0.3, -0.25) is 0 Å². The van der Waals surface area contributed by atoms with Gasteiger partial charge in [0.2, 0.25) is 0 Å². The van der Waals surface area contributed by atoms with Gasteiger partial charge in [-0.15, -0.1) is 0 Å². The minimum Gasteiger partial charge on any atom is -0.379 e. The van der Waals surface area contributed by atoms with Crippen LogP contribution in [0.4, 0.5) is 8.78 Å². The number of hydrogen-bond acceptors (Lipinski definition) is 3. The molecule has 0 aliphatic heterocycles. The van der Waals surface area contributed by atoms with Crippen LogP contribution in [0.2, 0.25) is 0 Å². The molecular formula is C16H25F2NO2. The summed E-state index contributed by atoms with van der Waals surface area (Å²) < 4.78 is 38.2. The average Bonchev–Trinajstić information content (AvgIpc) is 2.48. The lowest BCUT2D eigenvalue weighted by molar-refractivity contribution is -0.0119. The summed E-state index contributed by atoms with van der Waals surface area (Å²) in [6.07, 6.45) is 0.814. The Bertz CT molecular complexity index is 415. The van der Waals surface area contributed by atoms with Gasteiger partial charge in [0.05, 0.1) is 25.4 Å².